The van der Waals surface area contributed by atoms with Crippen LogP contribution < -0.4 is 5.32 Å². The molecule has 4 rings (SSSR count). The first-order valence-corrected chi connectivity index (χ1v) is 7.53. The topological polar surface area (TPSA) is 37.8 Å². The molecule has 2 aliphatic rings. The summed E-state index contributed by atoms with van der Waals surface area (Å²) in [6, 6.07) is 11.5. The summed E-state index contributed by atoms with van der Waals surface area (Å²) >= 11 is 0. The van der Waals surface area contributed by atoms with E-state index in [-0.39, 0.29) is 0 Å². The fourth-order valence-corrected chi connectivity index (χ4v) is 3.04. The Bertz CT molecular complexity index is 619. The molecule has 1 saturated carbocycles. The summed E-state index contributed by atoms with van der Waals surface area (Å²) in [4.78, 5) is 9.30. The Morgan fingerprint density at radius 1 is 1.10 bits per heavy atom. The minimum atomic E-state index is 0.382. The van der Waals surface area contributed by atoms with E-state index in [2.05, 4.69) is 34.6 Å². The lowest BCUT2D eigenvalue weighted by molar-refractivity contribution is 0.655. The number of hydrogen-bond acceptors (Lipinski definition) is 3. The van der Waals surface area contributed by atoms with Crippen LogP contribution in [0.5, 0.6) is 0 Å². The smallest absolute Gasteiger partial charge is 0.136 e. The molecule has 3 heteroatoms. The van der Waals surface area contributed by atoms with Crippen LogP contribution in [0.3, 0.4) is 0 Å². The second-order valence-electron chi connectivity index (χ2n) is 5.85. The number of nitrogens with zero attached hydrogens (tertiary/aromatic N) is 2. The first-order valence-electron chi connectivity index (χ1n) is 7.53. The first kappa shape index (κ1) is 12.0. The van der Waals surface area contributed by atoms with Crippen LogP contribution in [-0.2, 0) is 13.0 Å². The SMILES string of the molecule is c1ccc2c(c1)CCC2c1nccc(CNC2CC2)n1. The highest BCUT2D eigenvalue weighted by Crippen LogP contribution is 2.36. The Balaban J connectivity index is 1.57. The largest absolute Gasteiger partial charge is 0.308 e. The van der Waals surface area contributed by atoms with Crippen LogP contribution >= 0.6 is 0 Å². The third-order valence-electron chi connectivity index (χ3n) is 4.33. The van der Waals surface area contributed by atoms with Crippen molar-refractivity contribution in [3.63, 3.8) is 0 Å². The molecule has 2 aromatic rings. The Labute approximate surface area is 119 Å². The van der Waals surface area contributed by atoms with Crippen molar-refractivity contribution in [3.05, 3.63) is 59.2 Å². The van der Waals surface area contributed by atoms with E-state index in [0.29, 0.717) is 5.92 Å². The molecule has 1 heterocycles. The number of rotatable bonds is 4. The van der Waals surface area contributed by atoms with Crippen LogP contribution in [0.1, 0.15) is 47.8 Å². The molecule has 1 unspecified atom stereocenters. The van der Waals surface area contributed by atoms with Gasteiger partial charge in [0.1, 0.15) is 5.82 Å². The highest BCUT2D eigenvalue weighted by atomic mass is 15.0. The Kier molecular flexibility index (Phi) is 3.00. The lowest BCUT2D eigenvalue weighted by Gasteiger charge is -2.11. The van der Waals surface area contributed by atoms with E-state index in [1.54, 1.807) is 0 Å². The molecule has 0 radical (unpaired) electrons. The second-order valence-corrected chi connectivity index (χ2v) is 5.85. The average Bonchev–Trinajstić information content (AvgIpc) is 3.23. The number of aromatic nitrogens is 2. The Morgan fingerprint density at radius 2 is 2.00 bits per heavy atom. The molecule has 20 heavy (non-hydrogen) atoms. The molecule has 0 aliphatic heterocycles. The van der Waals surface area contributed by atoms with E-state index in [9.17, 15) is 0 Å². The van der Waals surface area contributed by atoms with Gasteiger partial charge in [0.05, 0.1) is 5.69 Å². The molecule has 1 aromatic carbocycles. The molecule has 0 saturated heterocycles. The lowest BCUT2D eigenvalue weighted by atomic mass is 10.0. The van der Waals surface area contributed by atoms with E-state index < -0.39 is 0 Å². The maximum Gasteiger partial charge on any atom is 0.136 e. The molecule has 0 amide bonds. The molecular formula is C17H19N3. The van der Waals surface area contributed by atoms with E-state index in [4.69, 9.17) is 4.98 Å². The molecular weight excluding hydrogens is 246 g/mol. The van der Waals surface area contributed by atoms with Gasteiger partial charge < -0.3 is 5.32 Å². The number of benzene rings is 1. The summed E-state index contributed by atoms with van der Waals surface area (Å²) in [7, 11) is 0. The number of fused-ring (bicyclic) bond motifs is 1. The quantitative estimate of drug-likeness (QED) is 0.923. The van der Waals surface area contributed by atoms with Gasteiger partial charge in [-0.3, -0.25) is 0 Å². The lowest BCUT2D eigenvalue weighted by Crippen LogP contribution is -2.17. The fraction of sp³-hybridized carbons (Fsp3) is 0.412. The van der Waals surface area contributed by atoms with Crippen molar-refractivity contribution in [2.45, 2.75) is 44.2 Å². The second kappa shape index (κ2) is 4.98. The Morgan fingerprint density at radius 3 is 2.90 bits per heavy atom. The number of hydrogen-bond donors (Lipinski definition) is 1. The predicted octanol–water partition coefficient (Wildman–Crippen LogP) is 2.81. The molecule has 1 fully saturated rings. The summed E-state index contributed by atoms with van der Waals surface area (Å²) in [5, 5.41) is 3.52. The maximum atomic E-state index is 4.78. The minimum absolute atomic E-state index is 0.382. The van der Waals surface area contributed by atoms with Crippen LogP contribution in [-0.4, -0.2) is 16.0 Å². The van der Waals surface area contributed by atoms with Gasteiger partial charge in [-0.15, -0.1) is 0 Å². The van der Waals surface area contributed by atoms with Gasteiger partial charge in [0.2, 0.25) is 0 Å². The van der Waals surface area contributed by atoms with Gasteiger partial charge in [0, 0.05) is 24.7 Å². The van der Waals surface area contributed by atoms with Gasteiger partial charge in [0.25, 0.3) is 0 Å². The zero-order valence-corrected chi connectivity index (χ0v) is 11.5. The average molecular weight is 265 g/mol. The Hall–Kier alpha value is -1.74. The van der Waals surface area contributed by atoms with Crippen molar-refractivity contribution in [2.24, 2.45) is 0 Å². The molecule has 102 valence electrons. The molecule has 0 bridgehead atoms. The summed E-state index contributed by atoms with van der Waals surface area (Å²) in [6.07, 6.45) is 6.82. The van der Waals surface area contributed by atoms with E-state index in [1.807, 2.05) is 12.3 Å². The molecule has 1 aromatic heterocycles. The van der Waals surface area contributed by atoms with Gasteiger partial charge in [-0.2, -0.15) is 0 Å². The van der Waals surface area contributed by atoms with Crippen molar-refractivity contribution in [1.29, 1.82) is 0 Å². The molecule has 1 N–H and O–H groups in total. The van der Waals surface area contributed by atoms with Crippen LogP contribution in [0.2, 0.25) is 0 Å². The van der Waals surface area contributed by atoms with Crippen LogP contribution in [0.25, 0.3) is 0 Å². The predicted molar refractivity (Wildman–Crippen MR) is 78.5 cm³/mol. The third-order valence-corrected chi connectivity index (χ3v) is 4.33. The van der Waals surface area contributed by atoms with Crippen LogP contribution in [0, 0.1) is 0 Å². The highest BCUT2D eigenvalue weighted by molar-refractivity contribution is 5.38. The van der Waals surface area contributed by atoms with E-state index >= 15 is 0 Å². The van der Waals surface area contributed by atoms with E-state index in [0.717, 1.165) is 36.9 Å². The fourth-order valence-electron chi connectivity index (χ4n) is 3.04. The van der Waals surface area contributed by atoms with Gasteiger partial charge in [0.15, 0.2) is 0 Å². The molecule has 1 atom stereocenters. The van der Waals surface area contributed by atoms with Crippen molar-refractivity contribution < 1.29 is 0 Å². The third kappa shape index (κ3) is 2.34. The molecule has 3 nitrogen and oxygen atoms in total. The zero-order chi connectivity index (χ0) is 13.4. The van der Waals surface area contributed by atoms with Crippen molar-refractivity contribution >= 4 is 0 Å². The standard InChI is InChI=1S/C17H19N3/c1-2-4-15-12(3-1)5-8-16(15)17-18-10-9-14(20-17)11-19-13-6-7-13/h1-4,9-10,13,16,19H,5-8,11H2. The molecule has 2 aliphatic carbocycles. The van der Waals surface area contributed by atoms with Crippen molar-refractivity contribution in [2.75, 3.05) is 0 Å². The summed E-state index contributed by atoms with van der Waals surface area (Å²) in [5.74, 6) is 1.37. The van der Waals surface area contributed by atoms with Gasteiger partial charge >= 0.3 is 0 Å². The minimum Gasteiger partial charge on any atom is -0.308 e. The van der Waals surface area contributed by atoms with Crippen molar-refractivity contribution in [1.82, 2.24) is 15.3 Å². The monoisotopic (exact) mass is 265 g/mol. The van der Waals surface area contributed by atoms with Gasteiger partial charge in [-0.25, -0.2) is 9.97 Å². The van der Waals surface area contributed by atoms with Crippen LogP contribution in [0.15, 0.2) is 36.5 Å². The number of nitrogens with one attached hydrogen (secondary N) is 1. The van der Waals surface area contributed by atoms with Gasteiger partial charge in [-0.05, 0) is 42.9 Å². The van der Waals surface area contributed by atoms with Gasteiger partial charge in [-0.1, -0.05) is 24.3 Å². The molecule has 0 spiro atoms. The van der Waals surface area contributed by atoms with E-state index in [1.165, 1.54) is 24.0 Å². The summed E-state index contributed by atoms with van der Waals surface area (Å²) in [6.45, 7) is 0.870. The highest BCUT2D eigenvalue weighted by Gasteiger charge is 2.26. The maximum absolute atomic E-state index is 4.78. The summed E-state index contributed by atoms with van der Waals surface area (Å²) in [5.41, 5.74) is 3.99. The van der Waals surface area contributed by atoms with Crippen LogP contribution in [0.4, 0.5) is 0 Å². The summed E-state index contributed by atoms with van der Waals surface area (Å²) < 4.78 is 0. The normalized spacial score (nSPS) is 20.9. The first-order chi connectivity index (χ1) is 9.90. The number of aryl methyl sites for hydroxylation is 1. The zero-order valence-electron chi connectivity index (χ0n) is 11.5. The van der Waals surface area contributed by atoms with Crippen molar-refractivity contribution in [3.8, 4) is 0 Å².